The zero-order valence-corrected chi connectivity index (χ0v) is 23.0. The normalized spacial score (nSPS) is 10.8. The van der Waals surface area contributed by atoms with Crippen molar-refractivity contribution in [3.05, 3.63) is 0 Å². The Labute approximate surface area is 200 Å². The molecule has 33 heavy (non-hydrogen) atoms. The fourth-order valence-corrected chi connectivity index (χ4v) is 1.59. The first kappa shape index (κ1) is 42.2. The van der Waals surface area contributed by atoms with E-state index in [1.807, 2.05) is 13.8 Å². The first-order valence-electron chi connectivity index (χ1n) is 11.5. The zero-order valence-electron chi connectivity index (χ0n) is 23.0. The molecule has 0 aromatic heterocycles. The van der Waals surface area contributed by atoms with Crippen LogP contribution in [0.25, 0.3) is 0 Å². The second-order valence-corrected chi connectivity index (χ2v) is 9.87. The molecule has 0 unspecified atom stereocenters. The first-order chi connectivity index (χ1) is 14.7. The van der Waals surface area contributed by atoms with Crippen molar-refractivity contribution < 1.29 is 31.1 Å². The molecule has 2 nitrogen and oxygen atoms in total. The van der Waals surface area contributed by atoms with E-state index in [4.69, 9.17) is 10.00 Å². The van der Waals surface area contributed by atoms with E-state index in [-0.39, 0.29) is 24.7 Å². The summed E-state index contributed by atoms with van der Waals surface area (Å²) < 4.78 is 73.6. The van der Waals surface area contributed by atoms with Crippen LogP contribution < -0.4 is 0 Å². The van der Waals surface area contributed by atoms with Crippen LogP contribution in [0.2, 0.25) is 0 Å². The van der Waals surface area contributed by atoms with Gasteiger partial charge in [0.2, 0.25) is 18.8 Å². The Kier molecular flexibility index (Phi) is 34.9. The lowest BCUT2D eigenvalue weighted by atomic mass is 10.1. The molecule has 8 heteroatoms. The van der Waals surface area contributed by atoms with Gasteiger partial charge in [-0.3, -0.25) is 0 Å². The Morgan fingerprint density at radius 2 is 1.15 bits per heavy atom. The fraction of sp³-hybridized carbons (Fsp3) is 0.960. The maximum absolute atomic E-state index is 12.0. The molecule has 0 rings (SSSR count). The topological polar surface area (TPSA) is 33.0 Å². The van der Waals surface area contributed by atoms with Crippen LogP contribution in [0.4, 0.5) is 26.3 Å². The Bertz CT molecular complexity index is 389. The van der Waals surface area contributed by atoms with E-state index in [2.05, 4.69) is 19.9 Å². The number of hydrogen-bond acceptors (Lipinski definition) is 2. The van der Waals surface area contributed by atoms with Gasteiger partial charge in [0, 0.05) is 38.9 Å². The minimum absolute atomic E-state index is 0.00694. The van der Waals surface area contributed by atoms with E-state index in [0.717, 1.165) is 13.5 Å². The largest absolute Gasteiger partial charge is 0.384 e. The van der Waals surface area contributed by atoms with Gasteiger partial charge in [-0.05, 0) is 30.6 Å². The second kappa shape index (κ2) is 27.3. The second-order valence-electron chi connectivity index (χ2n) is 9.87. The number of ether oxygens (including phenoxy) is 1. The van der Waals surface area contributed by atoms with Crippen LogP contribution in [0.5, 0.6) is 0 Å². The van der Waals surface area contributed by atoms with Crippen molar-refractivity contribution in [1.82, 2.24) is 0 Å². The van der Waals surface area contributed by atoms with E-state index in [1.54, 1.807) is 34.8 Å². The van der Waals surface area contributed by atoms with E-state index >= 15 is 0 Å². The van der Waals surface area contributed by atoms with Gasteiger partial charge >= 0.3 is 0 Å². The van der Waals surface area contributed by atoms with Gasteiger partial charge < -0.3 is 4.74 Å². The molecule has 204 valence electrons. The summed E-state index contributed by atoms with van der Waals surface area (Å²) >= 11 is 0. The van der Waals surface area contributed by atoms with Crippen molar-refractivity contribution >= 4 is 0 Å². The van der Waals surface area contributed by atoms with Crippen LogP contribution in [0, 0.1) is 40.9 Å². The maximum Gasteiger partial charge on any atom is 0.245 e. The molecule has 0 saturated carbocycles. The third kappa shape index (κ3) is 80.4. The molecular formula is C25H51F6NO. The molecule has 0 amide bonds. The smallest absolute Gasteiger partial charge is 0.245 e. The lowest BCUT2D eigenvalue weighted by Crippen LogP contribution is -2.12. The van der Waals surface area contributed by atoms with Crippen LogP contribution in [0.1, 0.15) is 95.4 Å². The van der Waals surface area contributed by atoms with Gasteiger partial charge in [0.1, 0.15) is 0 Å². The summed E-state index contributed by atoms with van der Waals surface area (Å²) in [5, 5.41) is 7.99. The van der Waals surface area contributed by atoms with Crippen molar-refractivity contribution in [2.45, 2.75) is 114 Å². The number of halogens is 6. The van der Waals surface area contributed by atoms with Crippen LogP contribution in [0.3, 0.4) is 0 Å². The molecule has 0 atom stereocenters. The van der Waals surface area contributed by atoms with Gasteiger partial charge in [-0.15, -0.1) is 0 Å². The summed E-state index contributed by atoms with van der Waals surface area (Å²) in [5.41, 5.74) is 0. The highest BCUT2D eigenvalue weighted by Crippen LogP contribution is 2.21. The third-order valence-corrected chi connectivity index (χ3v) is 2.92. The SMILES string of the molecule is CC(C)C(F)F.CC(C)CC#N.CC(C)CC(C)(F)F.CC(C)CC(F)F.COCC(C)C. The predicted octanol–water partition coefficient (Wildman–Crippen LogP) is 9.74. The monoisotopic (exact) mass is 495 g/mol. The van der Waals surface area contributed by atoms with Crippen molar-refractivity contribution in [2.75, 3.05) is 13.7 Å². The number of alkyl halides is 6. The average molecular weight is 496 g/mol. The Hall–Kier alpha value is -0.970. The minimum atomic E-state index is -2.48. The Balaban J connectivity index is -0.0000000995. The van der Waals surface area contributed by atoms with Gasteiger partial charge in [0.15, 0.2) is 0 Å². The van der Waals surface area contributed by atoms with E-state index in [1.165, 1.54) is 13.8 Å². The molecule has 0 fully saturated rings. The summed E-state index contributed by atoms with van der Waals surface area (Å²) in [6.45, 7) is 20.3. The number of hydrogen-bond donors (Lipinski definition) is 0. The summed E-state index contributed by atoms with van der Waals surface area (Å²) in [6.07, 6.45) is -3.57. The van der Waals surface area contributed by atoms with Crippen molar-refractivity contribution in [2.24, 2.45) is 29.6 Å². The van der Waals surface area contributed by atoms with Crippen LogP contribution in [0.15, 0.2) is 0 Å². The Morgan fingerprint density at radius 3 is 1.15 bits per heavy atom. The van der Waals surface area contributed by atoms with Crippen molar-refractivity contribution in [3.63, 3.8) is 0 Å². The maximum atomic E-state index is 12.0. The molecule has 0 saturated heterocycles. The fourth-order valence-electron chi connectivity index (χ4n) is 1.59. The van der Waals surface area contributed by atoms with E-state index in [0.29, 0.717) is 18.3 Å². The molecule has 0 aliphatic rings. The molecule has 0 bridgehead atoms. The highest BCUT2D eigenvalue weighted by molar-refractivity contribution is 4.69. The van der Waals surface area contributed by atoms with Crippen LogP contribution >= 0.6 is 0 Å². The summed E-state index contributed by atoms with van der Waals surface area (Å²) in [5.74, 6) is -1.53. The predicted molar refractivity (Wildman–Crippen MR) is 128 cm³/mol. The molecule has 0 heterocycles. The van der Waals surface area contributed by atoms with Crippen molar-refractivity contribution in [3.8, 4) is 6.07 Å². The van der Waals surface area contributed by atoms with Crippen LogP contribution in [-0.4, -0.2) is 32.5 Å². The third-order valence-electron chi connectivity index (χ3n) is 2.92. The summed E-state index contributed by atoms with van der Waals surface area (Å²) in [7, 11) is 1.72. The van der Waals surface area contributed by atoms with E-state index < -0.39 is 24.7 Å². The lowest BCUT2D eigenvalue weighted by Gasteiger charge is -2.11. The van der Waals surface area contributed by atoms with Crippen LogP contribution in [-0.2, 0) is 4.74 Å². The minimum Gasteiger partial charge on any atom is -0.384 e. The molecule has 0 N–H and O–H groups in total. The molecule has 0 aromatic carbocycles. The molecular weight excluding hydrogens is 444 g/mol. The number of methoxy groups -OCH3 is 1. The summed E-state index contributed by atoms with van der Waals surface area (Å²) in [6, 6.07) is 2.07. The average Bonchev–Trinajstić information content (AvgIpc) is 2.52. The molecule has 0 aliphatic heterocycles. The number of nitrogens with zero attached hydrogens (tertiary/aromatic N) is 1. The van der Waals surface area contributed by atoms with Gasteiger partial charge in [-0.2, -0.15) is 5.26 Å². The quantitative estimate of drug-likeness (QED) is 0.314. The Morgan fingerprint density at radius 1 is 0.758 bits per heavy atom. The zero-order chi connectivity index (χ0) is 27.8. The number of rotatable bonds is 8. The van der Waals surface area contributed by atoms with Gasteiger partial charge in [-0.1, -0.05) is 69.2 Å². The van der Waals surface area contributed by atoms with Gasteiger partial charge in [0.25, 0.3) is 0 Å². The first-order valence-corrected chi connectivity index (χ1v) is 11.5. The molecule has 0 aromatic rings. The van der Waals surface area contributed by atoms with E-state index in [9.17, 15) is 26.3 Å². The highest BCUT2D eigenvalue weighted by Gasteiger charge is 2.21. The lowest BCUT2D eigenvalue weighted by molar-refractivity contribution is 0.000968. The van der Waals surface area contributed by atoms with Gasteiger partial charge in [-0.25, -0.2) is 26.3 Å². The molecule has 0 aliphatic carbocycles. The highest BCUT2D eigenvalue weighted by atomic mass is 19.3. The summed E-state index contributed by atoms with van der Waals surface area (Å²) in [4.78, 5) is 0. The van der Waals surface area contributed by atoms with Crippen molar-refractivity contribution in [1.29, 1.82) is 5.26 Å². The standard InChI is InChI=1S/C6H12F2.C5H10F2.C5H9N.C5H12O.C4H8F2/c1-5(2)4-6(3,7)8;1-4(2)3-5(6)7;1-5(2)3-4-6;1-5(2)4-6-3;1-3(2)4(5)6/h5H,4H2,1-3H3;4-5H,3H2,1-2H3;5H,3H2,1-2H3;5H,4H2,1-3H3;3-4H,1-2H3. The molecule has 0 radical (unpaired) electrons. The van der Waals surface area contributed by atoms with Gasteiger partial charge in [0.05, 0.1) is 6.07 Å². The number of nitriles is 1. The molecule has 0 spiro atoms.